The average Bonchev–Trinajstić information content (AvgIpc) is 3.79. The van der Waals surface area contributed by atoms with E-state index in [4.69, 9.17) is 0 Å². The molecular formula is C40H46FN7. The Kier molecular flexibility index (Phi) is 9.73. The molecule has 1 aromatic carbocycles. The monoisotopic (exact) mass is 643 g/mol. The number of hydrogen-bond donors (Lipinski definition) is 3. The van der Waals surface area contributed by atoms with Crippen LogP contribution in [0.25, 0.3) is 51.6 Å². The molecule has 1 aliphatic rings. The average molecular weight is 644 g/mol. The number of benzene rings is 1. The molecule has 0 unspecified atom stereocenters. The van der Waals surface area contributed by atoms with E-state index in [1.54, 1.807) is 18.3 Å². The SMILES string of the molecule is C=C(CC(C)(C)C)Nc1cncc(/C(C)=C/C=c2/[nH]nc(-c3cc4c(-c5cc(F)cc(CCCN6CCCC6)c5)cncc4[nH]3)c2=C)c1. The van der Waals surface area contributed by atoms with E-state index in [9.17, 15) is 4.39 Å². The lowest BCUT2D eigenvalue weighted by Gasteiger charge is -2.20. The van der Waals surface area contributed by atoms with Gasteiger partial charge in [-0.15, -0.1) is 0 Å². The van der Waals surface area contributed by atoms with Gasteiger partial charge in [0.05, 0.1) is 34.6 Å². The van der Waals surface area contributed by atoms with Crippen molar-refractivity contribution in [1.29, 1.82) is 0 Å². The summed E-state index contributed by atoms with van der Waals surface area (Å²) in [5, 5.41) is 13.7. The zero-order valence-electron chi connectivity index (χ0n) is 28.6. The minimum atomic E-state index is -0.225. The van der Waals surface area contributed by atoms with Gasteiger partial charge in [-0.1, -0.05) is 46.1 Å². The predicted octanol–water partition coefficient (Wildman–Crippen LogP) is 7.84. The topological polar surface area (TPSA) is 85.5 Å². The summed E-state index contributed by atoms with van der Waals surface area (Å²) < 4.78 is 14.8. The van der Waals surface area contributed by atoms with E-state index in [-0.39, 0.29) is 11.2 Å². The second-order valence-corrected chi connectivity index (χ2v) is 14.2. The van der Waals surface area contributed by atoms with Crippen LogP contribution in [0.5, 0.6) is 0 Å². The molecule has 3 N–H and O–H groups in total. The maximum Gasteiger partial charge on any atom is 0.124 e. The van der Waals surface area contributed by atoms with Gasteiger partial charge in [0.2, 0.25) is 0 Å². The predicted molar refractivity (Wildman–Crippen MR) is 197 cm³/mol. The van der Waals surface area contributed by atoms with E-state index in [1.807, 2.05) is 30.7 Å². The minimum absolute atomic E-state index is 0.151. The molecule has 8 heteroatoms. The molecule has 1 fully saturated rings. The number of allylic oxidation sites excluding steroid dienone is 3. The van der Waals surface area contributed by atoms with Crippen molar-refractivity contribution in [3.05, 3.63) is 101 Å². The van der Waals surface area contributed by atoms with Gasteiger partial charge in [0.15, 0.2) is 0 Å². The molecule has 0 saturated carbocycles. The van der Waals surface area contributed by atoms with Crippen LogP contribution in [0, 0.1) is 11.2 Å². The number of fused-ring (bicyclic) bond motifs is 1. The van der Waals surface area contributed by atoms with Gasteiger partial charge in [0, 0.05) is 34.3 Å². The number of aromatic amines is 2. The Morgan fingerprint density at radius 3 is 2.62 bits per heavy atom. The quantitative estimate of drug-likeness (QED) is 0.137. The van der Waals surface area contributed by atoms with Gasteiger partial charge in [0.25, 0.3) is 0 Å². The molecule has 5 aromatic rings. The molecule has 48 heavy (non-hydrogen) atoms. The van der Waals surface area contributed by atoms with Crippen molar-refractivity contribution in [1.82, 2.24) is 30.0 Å². The molecule has 0 amide bonds. The van der Waals surface area contributed by atoms with Crippen LogP contribution in [-0.4, -0.2) is 49.7 Å². The maximum absolute atomic E-state index is 14.8. The summed E-state index contributed by atoms with van der Waals surface area (Å²) in [7, 11) is 0. The molecule has 0 atom stereocenters. The number of hydrogen-bond acceptors (Lipinski definition) is 5. The molecule has 6 rings (SSSR count). The molecule has 4 aromatic heterocycles. The van der Waals surface area contributed by atoms with Crippen LogP contribution in [-0.2, 0) is 6.42 Å². The van der Waals surface area contributed by atoms with Crippen LogP contribution in [0.2, 0.25) is 0 Å². The third kappa shape index (κ3) is 8.00. The van der Waals surface area contributed by atoms with Gasteiger partial charge in [-0.3, -0.25) is 15.1 Å². The fraction of sp³-hybridized carbons (Fsp3) is 0.325. The maximum atomic E-state index is 14.8. The number of rotatable bonds is 11. The number of aryl methyl sites for hydroxylation is 1. The van der Waals surface area contributed by atoms with Crippen molar-refractivity contribution in [3.8, 4) is 22.5 Å². The standard InChI is InChI=1S/C40H46FN7/c1-26(31-19-33(23-42-22-31)44-27(2)21-40(4,5)6)11-12-36-28(3)39(47-46-36)37-20-34-35(24-43-25-38(34)45-37)30-16-29(17-32(41)18-30)10-9-15-48-13-7-8-14-48/h11-12,16-20,22-25,44-46H,2-3,7-10,13-15,21H2,1,4-6H3/b26-11+,36-12+. The van der Waals surface area contributed by atoms with Crippen LogP contribution in [0.3, 0.4) is 0 Å². The lowest BCUT2D eigenvalue weighted by atomic mass is 9.91. The second-order valence-electron chi connectivity index (χ2n) is 14.2. The number of pyridine rings is 2. The van der Waals surface area contributed by atoms with Crippen LogP contribution in [0.1, 0.15) is 64.5 Å². The number of halogens is 1. The number of likely N-dealkylation sites (tertiary alicyclic amines) is 1. The number of nitrogens with zero attached hydrogens (tertiary/aromatic N) is 4. The van der Waals surface area contributed by atoms with Gasteiger partial charge in [-0.05, 0) is 117 Å². The Bertz CT molecular complexity index is 2070. The highest BCUT2D eigenvalue weighted by Crippen LogP contribution is 2.32. The van der Waals surface area contributed by atoms with E-state index in [0.717, 1.165) is 97.9 Å². The lowest BCUT2D eigenvalue weighted by molar-refractivity contribution is 0.334. The summed E-state index contributed by atoms with van der Waals surface area (Å²) in [5.41, 5.74) is 9.21. The number of H-pyrrole nitrogens is 2. The smallest absolute Gasteiger partial charge is 0.124 e. The first-order valence-corrected chi connectivity index (χ1v) is 16.8. The number of anilines is 1. The second kappa shape index (κ2) is 14.1. The Morgan fingerprint density at radius 1 is 1.04 bits per heavy atom. The summed E-state index contributed by atoms with van der Waals surface area (Å²) in [6, 6.07) is 9.49. The van der Waals surface area contributed by atoms with Crippen LogP contribution in [0.15, 0.2) is 73.5 Å². The Morgan fingerprint density at radius 2 is 1.83 bits per heavy atom. The highest BCUT2D eigenvalue weighted by Gasteiger charge is 2.15. The van der Waals surface area contributed by atoms with E-state index < -0.39 is 0 Å². The van der Waals surface area contributed by atoms with Gasteiger partial charge in [-0.2, -0.15) is 5.10 Å². The molecule has 1 saturated heterocycles. The van der Waals surface area contributed by atoms with Crippen molar-refractivity contribution in [2.75, 3.05) is 25.0 Å². The first-order chi connectivity index (χ1) is 23.0. The van der Waals surface area contributed by atoms with E-state index >= 15 is 0 Å². The normalized spacial score (nSPS) is 14.7. The summed E-state index contributed by atoms with van der Waals surface area (Å²) in [6.07, 6.45) is 16.6. The fourth-order valence-corrected chi connectivity index (χ4v) is 6.53. The lowest BCUT2D eigenvalue weighted by Crippen LogP contribution is -2.21. The number of aromatic nitrogens is 5. The molecule has 0 bridgehead atoms. The Hall–Kier alpha value is -4.82. The summed E-state index contributed by atoms with van der Waals surface area (Å²) in [5.74, 6) is -0.225. The molecule has 5 heterocycles. The molecule has 0 spiro atoms. The van der Waals surface area contributed by atoms with Crippen molar-refractivity contribution in [2.45, 2.75) is 59.8 Å². The zero-order chi connectivity index (χ0) is 33.8. The summed E-state index contributed by atoms with van der Waals surface area (Å²) >= 11 is 0. The Balaban J connectivity index is 1.22. The van der Waals surface area contributed by atoms with Gasteiger partial charge in [0.1, 0.15) is 11.5 Å². The largest absolute Gasteiger partial charge is 0.358 e. The van der Waals surface area contributed by atoms with E-state index in [1.165, 1.54) is 25.9 Å². The highest BCUT2D eigenvalue weighted by atomic mass is 19.1. The molecule has 7 nitrogen and oxygen atoms in total. The third-order valence-electron chi connectivity index (χ3n) is 8.87. The first kappa shape index (κ1) is 33.1. The van der Waals surface area contributed by atoms with Crippen LogP contribution < -0.4 is 15.9 Å². The molecule has 0 aliphatic carbocycles. The molecular weight excluding hydrogens is 597 g/mol. The zero-order valence-corrected chi connectivity index (χ0v) is 28.6. The van der Waals surface area contributed by atoms with Crippen LogP contribution in [0.4, 0.5) is 10.1 Å². The molecule has 248 valence electrons. The van der Waals surface area contributed by atoms with Gasteiger partial charge >= 0.3 is 0 Å². The third-order valence-corrected chi connectivity index (χ3v) is 8.87. The number of nitrogens with one attached hydrogen (secondary N) is 3. The first-order valence-electron chi connectivity index (χ1n) is 16.8. The summed E-state index contributed by atoms with van der Waals surface area (Å²) in [6.45, 7) is 20.6. The summed E-state index contributed by atoms with van der Waals surface area (Å²) in [4.78, 5) is 14.9. The van der Waals surface area contributed by atoms with Crippen LogP contribution >= 0.6 is 0 Å². The van der Waals surface area contributed by atoms with Crippen molar-refractivity contribution in [2.24, 2.45) is 5.41 Å². The van der Waals surface area contributed by atoms with E-state index in [2.05, 4.69) is 94.4 Å². The van der Waals surface area contributed by atoms with E-state index in [0.29, 0.717) is 0 Å². The molecule has 1 aliphatic heterocycles. The highest BCUT2D eigenvalue weighted by molar-refractivity contribution is 5.97. The minimum Gasteiger partial charge on any atom is -0.358 e. The fourth-order valence-electron chi connectivity index (χ4n) is 6.53. The Labute approximate surface area is 282 Å². The van der Waals surface area contributed by atoms with Crippen molar-refractivity contribution < 1.29 is 4.39 Å². The van der Waals surface area contributed by atoms with Gasteiger partial charge < -0.3 is 15.2 Å². The van der Waals surface area contributed by atoms with Crippen molar-refractivity contribution >= 4 is 34.8 Å². The van der Waals surface area contributed by atoms with Gasteiger partial charge in [-0.25, -0.2) is 4.39 Å². The molecule has 0 radical (unpaired) electrons. The van der Waals surface area contributed by atoms with Crippen molar-refractivity contribution in [3.63, 3.8) is 0 Å².